The first-order valence-electron chi connectivity index (χ1n) is 10.8. The molecule has 3 heterocycles. The van der Waals surface area contributed by atoms with Crippen LogP contribution in [0.4, 0.5) is 27.0 Å². The highest BCUT2D eigenvalue weighted by atomic mass is 32.1. The zero-order valence-corrected chi connectivity index (χ0v) is 19.7. The van der Waals surface area contributed by atoms with Gasteiger partial charge < -0.3 is 10.1 Å². The summed E-state index contributed by atoms with van der Waals surface area (Å²) in [7, 11) is 0. The second kappa shape index (κ2) is 8.85. The van der Waals surface area contributed by atoms with Crippen molar-refractivity contribution in [2.45, 2.75) is 64.7 Å². The van der Waals surface area contributed by atoms with Crippen LogP contribution in [0.3, 0.4) is 0 Å². The largest absolute Gasteiger partial charge is 0.459 e. The van der Waals surface area contributed by atoms with Gasteiger partial charge in [0.05, 0.1) is 11.7 Å². The van der Waals surface area contributed by atoms with Gasteiger partial charge >= 0.3 is 18.1 Å². The highest BCUT2D eigenvalue weighted by molar-refractivity contribution is 7.17. The first kappa shape index (κ1) is 25.0. The van der Waals surface area contributed by atoms with Crippen LogP contribution in [-0.4, -0.2) is 38.8 Å². The average Bonchev–Trinajstić information content (AvgIpc) is 3.32. The van der Waals surface area contributed by atoms with E-state index in [-0.39, 0.29) is 21.9 Å². The summed E-state index contributed by atoms with van der Waals surface area (Å²) in [5.41, 5.74) is -1.32. The fraction of sp³-hybridized carbons (Fsp3) is 0.455. The first-order valence-corrected chi connectivity index (χ1v) is 11.6. The molecule has 7 nitrogen and oxygen atoms in total. The Hall–Kier alpha value is -3.09. The molecule has 3 aromatic rings. The van der Waals surface area contributed by atoms with Crippen molar-refractivity contribution in [1.82, 2.24) is 14.6 Å². The Labute approximate surface area is 200 Å². The molecule has 0 aliphatic heterocycles. The van der Waals surface area contributed by atoms with Gasteiger partial charge in [0.1, 0.15) is 10.7 Å². The van der Waals surface area contributed by atoms with Crippen molar-refractivity contribution in [3.05, 3.63) is 45.2 Å². The normalized spacial score (nSPS) is 14.3. The molecular formula is C22H21F5N4O3S. The number of nitrogens with one attached hydrogen (secondary N) is 1. The van der Waals surface area contributed by atoms with Crippen molar-refractivity contribution in [3.63, 3.8) is 0 Å². The number of fused-ring (bicyclic) bond motifs is 2. The molecule has 1 N–H and O–H groups in total. The Morgan fingerprint density at radius 2 is 1.83 bits per heavy atom. The fourth-order valence-electron chi connectivity index (χ4n) is 3.89. The third-order valence-electron chi connectivity index (χ3n) is 5.41. The maximum absolute atomic E-state index is 14.1. The molecule has 1 amide bonds. The second-order valence-electron chi connectivity index (χ2n) is 8.48. The number of hydrogen-bond acceptors (Lipinski definition) is 6. The lowest BCUT2D eigenvalue weighted by Gasteiger charge is -2.20. The van der Waals surface area contributed by atoms with Crippen molar-refractivity contribution < 1.29 is 36.3 Å². The minimum absolute atomic E-state index is 0.104. The predicted molar refractivity (Wildman–Crippen MR) is 117 cm³/mol. The number of alkyl halides is 5. The highest BCUT2D eigenvalue weighted by Crippen LogP contribution is 2.44. The molecule has 35 heavy (non-hydrogen) atoms. The Balaban J connectivity index is 1.73. The number of ether oxygens (including phenoxy) is 1. The number of nitrogens with zero attached hydrogens (tertiary/aromatic N) is 3. The summed E-state index contributed by atoms with van der Waals surface area (Å²) >= 11 is 1.21. The van der Waals surface area contributed by atoms with Gasteiger partial charge in [0.25, 0.3) is 5.91 Å². The summed E-state index contributed by atoms with van der Waals surface area (Å²) < 4.78 is 73.0. The summed E-state index contributed by atoms with van der Waals surface area (Å²) in [4.78, 5) is 30.6. The van der Waals surface area contributed by atoms with Crippen molar-refractivity contribution in [2.24, 2.45) is 0 Å². The van der Waals surface area contributed by atoms with E-state index in [0.717, 1.165) is 35.8 Å². The summed E-state index contributed by atoms with van der Waals surface area (Å²) in [5.74, 6) is -6.71. The van der Waals surface area contributed by atoms with Gasteiger partial charge in [-0.15, -0.1) is 11.3 Å². The van der Waals surface area contributed by atoms with E-state index in [9.17, 15) is 31.5 Å². The highest BCUT2D eigenvalue weighted by Gasteiger charge is 2.60. The van der Waals surface area contributed by atoms with Crippen LogP contribution in [0.25, 0.3) is 5.65 Å². The summed E-state index contributed by atoms with van der Waals surface area (Å²) in [6.07, 6.45) is -3.11. The van der Waals surface area contributed by atoms with Crippen LogP contribution in [0.2, 0.25) is 0 Å². The number of esters is 1. The van der Waals surface area contributed by atoms with E-state index < -0.39 is 41.5 Å². The zero-order valence-electron chi connectivity index (χ0n) is 18.9. The molecule has 188 valence electrons. The van der Waals surface area contributed by atoms with Crippen LogP contribution in [0.1, 0.15) is 69.4 Å². The van der Waals surface area contributed by atoms with Gasteiger partial charge in [-0.1, -0.05) is 0 Å². The van der Waals surface area contributed by atoms with E-state index in [1.54, 1.807) is 13.8 Å². The van der Waals surface area contributed by atoms with Gasteiger partial charge in [-0.3, -0.25) is 4.79 Å². The number of carbonyl (C=O) groups is 2. The molecule has 0 fully saturated rings. The maximum Gasteiger partial charge on any atom is 0.459 e. The minimum Gasteiger partial charge on any atom is -0.459 e. The molecule has 13 heteroatoms. The van der Waals surface area contributed by atoms with Gasteiger partial charge in [0.2, 0.25) is 0 Å². The lowest BCUT2D eigenvalue weighted by molar-refractivity contribution is -0.291. The summed E-state index contributed by atoms with van der Waals surface area (Å²) in [5, 5.41) is 6.47. The zero-order chi connectivity index (χ0) is 25.7. The Morgan fingerprint density at radius 3 is 2.49 bits per heavy atom. The van der Waals surface area contributed by atoms with Crippen LogP contribution in [0, 0.1) is 6.92 Å². The average molecular weight is 516 g/mol. The molecule has 0 saturated heterocycles. The monoisotopic (exact) mass is 516 g/mol. The van der Waals surface area contributed by atoms with Gasteiger partial charge in [-0.25, -0.2) is 14.3 Å². The van der Waals surface area contributed by atoms with Crippen LogP contribution < -0.4 is 5.32 Å². The lowest BCUT2D eigenvalue weighted by atomic mass is 9.95. The molecule has 0 aromatic carbocycles. The van der Waals surface area contributed by atoms with E-state index >= 15 is 0 Å². The number of aryl methyl sites for hydroxylation is 2. The van der Waals surface area contributed by atoms with Crippen molar-refractivity contribution in [3.8, 4) is 0 Å². The van der Waals surface area contributed by atoms with Crippen LogP contribution >= 0.6 is 11.3 Å². The molecule has 0 atom stereocenters. The molecule has 0 radical (unpaired) electrons. The van der Waals surface area contributed by atoms with Gasteiger partial charge in [-0.2, -0.15) is 27.1 Å². The molecular weight excluding hydrogens is 495 g/mol. The summed E-state index contributed by atoms with van der Waals surface area (Å²) in [6, 6.07) is 1.58. The number of rotatable bonds is 5. The van der Waals surface area contributed by atoms with E-state index in [2.05, 4.69) is 15.4 Å². The molecule has 1 aliphatic rings. The maximum atomic E-state index is 14.1. The third kappa shape index (κ3) is 4.60. The predicted octanol–water partition coefficient (Wildman–Crippen LogP) is 5.45. The van der Waals surface area contributed by atoms with Crippen molar-refractivity contribution >= 4 is 33.9 Å². The van der Waals surface area contributed by atoms with Gasteiger partial charge in [0.15, 0.2) is 11.3 Å². The van der Waals surface area contributed by atoms with E-state index in [1.165, 1.54) is 18.3 Å². The smallest absolute Gasteiger partial charge is 0.459 e. The number of hydrogen-bond donors (Lipinski definition) is 1. The van der Waals surface area contributed by atoms with Crippen LogP contribution in [-0.2, 0) is 23.5 Å². The minimum atomic E-state index is -5.87. The molecule has 0 spiro atoms. The number of halogens is 5. The topological polar surface area (TPSA) is 85.6 Å². The van der Waals surface area contributed by atoms with Gasteiger partial charge in [-0.05, 0) is 58.1 Å². The van der Waals surface area contributed by atoms with Crippen molar-refractivity contribution in [2.75, 3.05) is 5.32 Å². The van der Waals surface area contributed by atoms with Gasteiger partial charge in [0, 0.05) is 16.6 Å². The second-order valence-corrected chi connectivity index (χ2v) is 9.58. The molecule has 1 aliphatic carbocycles. The molecule has 4 rings (SSSR count). The molecule has 0 bridgehead atoms. The fourth-order valence-corrected chi connectivity index (χ4v) is 5.16. The van der Waals surface area contributed by atoms with E-state index in [4.69, 9.17) is 4.74 Å². The number of amides is 1. The number of thiophene rings is 1. The number of anilines is 1. The van der Waals surface area contributed by atoms with Crippen molar-refractivity contribution in [1.29, 1.82) is 0 Å². The Morgan fingerprint density at radius 1 is 1.14 bits per heavy atom. The lowest BCUT2D eigenvalue weighted by Crippen LogP contribution is -2.36. The Bertz CT molecular complexity index is 1310. The third-order valence-corrected chi connectivity index (χ3v) is 6.62. The first-order chi connectivity index (χ1) is 16.3. The Kier molecular flexibility index (Phi) is 6.32. The van der Waals surface area contributed by atoms with Crippen LogP contribution in [0.5, 0.6) is 0 Å². The SMILES string of the molecule is Cc1cc(C(F)(F)C(F)(F)F)n2nc(C(=O)Nc3sc4c(c3C(=O)OC(C)C)CCCC4)cc2n1. The number of aromatic nitrogens is 3. The number of carbonyl (C=O) groups excluding carboxylic acids is 2. The molecule has 0 unspecified atom stereocenters. The van der Waals surface area contributed by atoms with E-state index in [1.807, 2.05) is 0 Å². The molecule has 0 saturated carbocycles. The van der Waals surface area contributed by atoms with E-state index in [0.29, 0.717) is 17.0 Å². The standard InChI is InChI=1S/C22H21F5N4O3S/c1-10(2)34-20(33)17-12-6-4-5-7-14(12)35-19(17)29-18(32)13-9-16-28-11(3)8-15(31(16)30-13)21(23,24)22(25,26)27/h8-10H,4-7H2,1-3H3,(H,29,32). The van der Waals surface area contributed by atoms with Crippen LogP contribution in [0.15, 0.2) is 12.1 Å². The molecule has 3 aromatic heterocycles. The summed E-state index contributed by atoms with van der Waals surface area (Å²) in [6.45, 7) is 4.63. The quantitative estimate of drug-likeness (QED) is 0.360.